The molecule has 156 valence electrons. The molecule has 1 heterocycles. The number of rotatable bonds is 7. The molecule has 0 fully saturated rings. The summed E-state index contributed by atoms with van der Waals surface area (Å²) in [7, 11) is 1.54. The van der Waals surface area contributed by atoms with Crippen molar-refractivity contribution < 1.29 is 22.6 Å². The van der Waals surface area contributed by atoms with Gasteiger partial charge in [0.05, 0.1) is 18.9 Å². The summed E-state index contributed by atoms with van der Waals surface area (Å²) in [6.45, 7) is 0.405. The summed E-state index contributed by atoms with van der Waals surface area (Å²) in [5.74, 6) is 1.33. The fraction of sp³-hybridized carbons (Fsp3) is 0.143. The largest absolute Gasteiger partial charge is 0.493 e. The number of halogens is 4. The number of nitrogens with zero attached hydrogens (tertiary/aromatic N) is 2. The van der Waals surface area contributed by atoms with Crippen LogP contribution in [0.4, 0.5) is 19.0 Å². The third-order valence-electron chi connectivity index (χ3n) is 3.98. The van der Waals surface area contributed by atoms with E-state index in [0.717, 1.165) is 21.4 Å². The highest BCUT2D eigenvalue weighted by molar-refractivity contribution is 14.1. The minimum absolute atomic E-state index is 0.198. The van der Waals surface area contributed by atoms with E-state index >= 15 is 0 Å². The topological polar surface area (TPSA) is 55.7 Å². The van der Waals surface area contributed by atoms with E-state index in [1.54, 1.807) is 25.3 Å². The van der Waals surface area contributed by atoms with Crippen molar-refractivity contribution in [3.05, 3.63) is 81.1 Å². The van der Waals surface area contributed by atoms with Crippen LogP contribution in [0.25, 0.3) is 0 Å². The molecule has 0 aliphatic rings. The summed E-state index contributed by atoms with van der Waals surface area (Å²) in [5.41, 5.74) is 3.53. The normalized spacial score (nSPS) is 11.5. The maximum atomic E-state index is 12.6. The van der Waals surface area contributed by atoms with Crippen LogP contribution in [0.15, 0.2) is 65.9 Å². The van der Waals surface area contributed by atoms with Gasteiger partial charge >= 0.3 is 6.18 Å². The molecular formula is C21H17F3IN3O2. The lowest BCUT2D eigenvalue weighted by Crippen LogP contribution is -2.05. The number of hydrazone groups is 1. The van der Waals surface area contributed by atoms with Gasteiger partial charge in [-0.2, -0.15) is 18.3 Å². The van der Waals surface area contributed by atoms with Gasteiger partial charge in [0.25, 0.3) is 0 Å². The molecule has 3 rings (SSSR count). The van der Waals surface area contributed by atoms with Gasteiger partial charge in [-0.25, -0.2) is 4.98 Å². The minimum atomic E-state index is -4.42. The van der Waals surface area contributed by atoms with Crippen LogP contribution in [0.3, 0.4) is 0 Å². The Hall–Kier alpha value is -2.82. The zero-order valence-corrected chi connectivity index (χ0v) is 17.9. The number of benzene rings is 2. The van der Waals surface area contributed by atoms with Crippen molar-refractivity contribution in [2.45, 2.75) is 12.8 Å². The Kier molecular flexibility index (Phi) is 7.14. The third-order valence-corrected chi connectivity index (χ3v) is 4.70. The van der Waals surface area contributed by atoms with E-state index < -0.39 is 11.7 Å². The molecule has 0 amide bonds. The summed E-state index contributed by atoms with van der Waals surface area (Å²) in [5, 5.41) is 3.99. The third kappa shape index (κ3) is 6.09. The Labute approximate surface area is 185 Å². The van der Waals surface area contributed by atoms with Crippen molar-refractivity contribution in [2.24, 2.45) is 5.10 Å². The Balaban J connectivity index is 1.61. The lowest BCUT2D eigenvalue weighted by molar-refractivity contribution is -0.137. The van der Waals surface area contributed by atoms with E-state index in [4.69, 9.17) is 9.47 Å². The summed E-state index contributed by atoms with van der Waals surface area (Å²) in [4.78, 5) is 3.69. The zero-order valence-electron chi connectivity index (χ0n) is 15.8. The van der Waals surface area contributed by atoms with Gasteiger partial charge in [-0.15, -0.1) is 0 Å². The van der Waals surface area contributed by atoms with Crippen LogP contribution in [-0.2, 0) is 12.8 Å². The number of methoxy groups -OCH3 is 1. The van der Waals surface area contributed by atoms with Crippen LogP contribution in [0.5, 0.6) is 11.5 Å². The number of aromatic nitrogens is 1. The van der Waals surface area contributed by atoms with Gasteiger partial charge in [-0.1, -0.05) is 12.1 Å². The van der Waals surface area contributed by atoms with Crippen molar-refractivity contribution in [1.82, 2.24) is 4.98 Å². The molecule has 0 unspecified atom stereocenters. The fourth-order valence-corrected chi connectivity index (χ4v) is 2.79. The second-order valence-corrected chi connectivity index (χ2v) is 7.37. The predicted octanol–water partition coefficient (Wildman–Crippen LogP) is 5.74. The average molecular weight is 527 g/mol. The highest BCUT2D eigenvalue weighted by Crippen LogP contribution is 2.29. The number of hydrogen-bond acceptors (Lipinski definition) is 5. The smallest absolute Gasteiger partial charge is 0.417 e. The Morgan fingerprint density at radius 3 is 2.47 bits per heavy atom. The number of alkyl halides is 3. The summed E-state index contributed by atoms with van der Waals surface area (Å²) < 4.78 is 50.0. The second kappa shape index (κ2) is 9.79. The standard InChI is InChI=1S/C21H17F3IN3O2/c1-29-19-10-15(4-8-18(19)30-13-14-2-6-17(25)7-3-14)11-27-28-20-9-5-16(12-26-20)21(22,23)24/h2-12H,13H2,1H3,(H,26,28)/b27-11-. The molecule has 0 aliphatic heterocycles. The van der Waals surface area contributed by atoms with Crippen molar-refractivity contribution in [3.63, 3.8) is 0 Å². The Bertz CT molecular complexity index is 1010. The van der Waals surface area contributed by atoms with E-state index in [1.165, 1.54) is 12.3 Å². The van der Waals surface area contributed by atoms with Gasteiger partial charge in [0.2, 0.25) is 0 Å². The van der Waals surface area contributed by atoms with Crippen LogP contribution in [0.1, 0.15) is 16.7 Å². The molecule has 1 N–H and O–H groups in total. The van der Waals surface area contributed by atoms with E-state index in [0.29, 0.717) is 23.7 Å². The molecule has 0 spiro atoms. The number of anilines is 1. The van der Waals surface area contributed by atoms with Crippen molar-refractivity contribution in [2.75, 3.05) is 12.5 Å². The molecule has 3 aromatic rings. The maximum Gasteiger partial charge on any atom is 0.417 e. The molecule has 30 heavy (non-hydrogen) atoms. The van der Waals surface area contributed by atoms with Crippen LogP contribution in [0.2, 0.25) is 0 Å². The molecule has 2 aromatic carbocycles. The number of nitrogens with one attached hydrogen (secondary N) is 1. The van der Waals surface area contributed by atoms with Crippen LogP contribution < -0.4 is 14.9 Å². The van der Waals surface area contributed by atoms with Crippen molar-refractivity contribution in [1.29, 1.82) is 0 Å². The van der Waals surface area contributed by atoms with Gasteiger partial charge in [-0.05, 0) is 76.2 Å². The molecule has 0 radical (unpaired) electrons. The SMILES string of the molecule is COc1cc(/C=N\Nc2ccc(C(F)(F)F)cn2)ccc1OCc1ccc(I)cc1. The quantitative estimate of drug-likeness (QED) is 0.242. The van der Waals surface area contributed by atoms with Gasteiger partial charge in [0.1, 0.15) is 12.4 Å². The van der Waals surface area contributed by atoms with Gasteiger partial charge in [0.15, 0.2) is 11.5 Å². The fourth-order valence-electron chi connectivity index (χ4n) is 2.43. The zero-order chi connectivity index (χ0) is 21.6. The number of ether oxygens (including phenoxy) is 2. The van der Waals surface area contributed by atoms with Crippen LogP contribution in [0, 0.1) is 3.57 Å². The van der Waals surface area contributed by atoms with E-state index in [-0.39, 0.29) is 5.82 Å². The predicted molar refractivity (Wildman–Crippen MR) is 117 cm³/mol. The van der Waals surface area contributed by atoms with Crippen molar-refractivity contribution in [3.8, 4) is 11.5 Å². The Morgan fingerprint density at radius 1 is 1.07 bits per heavy atom. The van der Waals surface area contributed by atoms with Crippen molar-refractivity contribution >= 4 is 34.6 Å². The van der Waals surface area contributed by atoms with Crippen LogP contribution >= 0.6 is 22.6 Å². The first-order valence-electron chi connectivity index (χ1n) is 8.73. The molecule has 0 atom stereocenters. The van der Waals surface area contributed by atoms with E-state index in [9.17, 15) is 13.2 Å². The summed E-state index contributed by atoms with van der Waals surface area (Å²) in [6, 6.07) is 15.5. The lowest BCUT2D eigenvalue weighted by atomic mass is 10.2. The molecule has 0 bridgehead atoms. The highest BCUT2D eigenvalue weighted by Gasteiger charge is 2.30. The van der Waals surface area contributed by atoms with E-state index in [2.05, 4.69) is 38.1 Å². The van der Waals surface area contributed by atoms with Gasteiger partial charge < -0.3 is 9.47 Å². The second-order valence-electron chi connectivity index (χ2n) is 6.13. The van der Waals surface area contributed by atoms with Gasteiger partial charge in [0, 0.05) is 9.77 Å². The molecule has 1 aromatic heterocycles. The highest BCUT2D eigenvalue weighted by atomic mass is 127. The monoisotopic (exact) mass is 527 g/mol. The first kappa shape index (κ1) is 21.9. The molecular weight excluding hydrogens is 510 g/mol. The summed E-state index contributed by atoms with van der Waals surface area (Å²) in [6.07, 6.45) is -2.17. The Morgan fingerprint density at radius 2 is 1.83 bits per heavy atom. The molecule has 9 heteroatoms. The average Bonchev–Trinajstić information content (AvgIpc) is 2.73. The van der Waals surface area contributed by atoms with E-state index in [1.807, 2.05) is 24.3 Å². The van der Waals surface area contributed by atoms with Crippen LogP contribution in [-0.4, -0.2) is 18.3 Å². The number of hydrogen-bond donors (Lipinski definition) is 1. The number of pyridine rings is 1. The molecule has 5 nitrogen and oxygen atoms in total. The lowest BCUT2D eigenvalue weighted by Gasteiger charge is -2.11. The maximum absolute atomic E-state index is 12.6. The first-order valence-corrected chi connectivity index (χ1v) is 9.80. The minimum Gasteiger partial charge on any atom is -0.493 e. The first-order chi connectivity index (χ1) is 14.3. The van der Waals surface area contributed by atoms with Gasteiger partial charge in [-0.3, -0.25) is 5.43 Å². The molecule has 0 saturated carbocycles. The summed E-state index contributed by atoms with van der Waals surface area (Å²) >= 11 is 2.24. The molecule has 0 saturated heterocycles. The molecule has 0 aliphatic carbocycles.